The van der Waals surface area contributed by atoms with Crippen LogP contribution >= 0.6 is 0 Å². The highest BCUT2D eigenvalue weighted by atomic mass is 19.1. The summed E-state index contributed by atoms with van der Waals surface area (Å²) < 4.78 is 15.8. The number of aryl methyl sites for hydroxylation is 1. The minimum Gasteiger partial charge on any atom is -0.364 e. The van der Waals surface area contributed by atoms with E-state index in [9.17, 15) is 19.2 Å². The van der Waals surface area contributed by atoms with E-state index >= 15 is 0 Å². The molecular weight excluding hydrogens is 569 g/mol. The average molecular weight is 610 g/mol. The van der Waals surface area contributed by atoms with Crippen molar-refractivity contribution in [2.75, 3.05) is 49.6 Å². The van der Waals surface area contributed by atoms with Gasteiger partial charge in [-0.05, 0) is 63.2 Å². The van der Waals surface area contributed by atoms with Gasteiger partial charge in [0.2, 0.25) is 0 Å². The van der Waals surface area contributed by atoms with Crippen molar-refractivity contribution < 1.29 is 9.18 Å². The van der Waals surface area contributed by atoms with Gasteiger partial charge in [-0.15, -0.1) is 0 Å². The molecule has 3 fully saturated rings. The topological polar surface area (TPSA) is 88.7 Å². The van der Waals surface area contributed by atoms with Crippen molar-refractivity contribution in [1.82, 2.24) is 19.4 Å². The average Bonchev–Trinajstić information content (AvgIpc) is 3.67. The number of likely N-dealkylation sites (N-methyl/N-ethyl adjacent to an activating group) is 1. The summed E-state index contributed by atoms with van der Waals surface area (Å²) in [4.78, 5) is 39.7. The lowest BCUT2D eigenvalue weighted by atomic mass is 9.88. The maximum atomic E-state index is 14.1. The smallest absolute Gasteiger partial charge is 0.349 e. The summed E-state index contributed by atoms with van der Waals surface area (Å²) in [5, 5.41) is 12.0. The van der Waals surface area contributed by atoms with Crippen molar-refractivity contribution in [3.05, 3.63) is 76.1 Å². The number of fused-ring (bicyclic) bond motifs is 3. The fourth-order valence-electron chi connectivity index (χ4n) is 8.06. The monoisotopic (exact) mass is 609 g/mol. The number of hydrogen-bond donors (Lipinski definition) is 0. The number of nitrogens with zero attached hydrogens (tertiary/aromatic N) is 7. The molecule has 0 N–H and O–H groups in total. The number of carbonyl (C=O) groups excluding carboxylic acids is 1. The number of rotatable bonds is 6. The second kappa shape index (κ2) is 11.3. The first kappa shape index (κ1) is 29.5. The van der Waals surface area contributed by atoms with E-state index in [1.807, 2.05) is 4.57 Å². The Morgan fingerprint density at radius 2 is 1.91 bits per heavy atom. The number of amides is 1. The molecule has 1 aromatic heterocycles. The van der Waals surface area contributed by atoms with Crippen LogP contribution in [0.1, 0.15) is 48.9 Å². The fraction of sp³-hybridized carbons (Fsp3) is 0.486. The Kier molecular flexibility index (Phi) is 7.40. The van der Waals surface area contributed by atoms with Crippen molar-refractivity contribution in [1.29, 1.82) is 5.26 Å². The van der Waals surface area contributed by atoms with Gasteiger partial charge in [-0.25, -0.2) is 9.18 Å². The van der Waals surface area contributed by atoms with Crippen LogP contribution in [0.15, 0.2) is 53.6 Å². The molecule has 0 bridgehead atoms. The molecular formula is C35H40FN7O2. The van der Waals surface area contributed by atoms with Crippen LogP contribution in [0.3, 0.4) is 0 Å². The SMILES string of the molecule is C=C(F)C(=O)N1CCN(c2nc(=O)n(C[C@@H]3CCCN3C)c3c2C2(CC2)CN(c2cccc4cccc(C)c24)C3)C[C@@H]1CC#N. The number of carbonyl (C=O) groups is 1. The molecule has 234 valence electrons. The van der Waals surface area contributed by atoms with Crippen LogP contribution in [-0.4, -0.2) is 77.1 Å². The number of likely N-dealkylation sites (tertiary alicyclic amines) is 1. The van der Waals surface area contributed by atoms with E-state index in [1.165, 1.54) is 26.9 Å². The number of piperazine rings is 1. The zero-order valence-electron chi connectivity index (χ0n) is 26.1. The number of hydrogen-bond acceptors (Lipinski definition) is 7. The lowest BCUT2D eigenvalue weighted by Gasteiger charge is -2.44. The van der Waals surface area contributed by atoms with Crippen LogP contribution in [0, 0.1) is 18.3 Å². The number of nitriles is 1. The van der Waals surface area contributed by atoms with E-state index in [0.717, 1.165) is 50.0 Å². The zero-order chi connectivity index (χ0) is 31.5. The van der Waals surface area contributed by atoms with Crippen LogP contribution in [-0.2, 0) is 23.3 Å². The third-order valence-electron chi connectivity index (χ3n) is 10.6. The Morgan fingerprint density at radius 3 is 2.60 bits per heavy atom. The summed E-state index contributed by atoms with van der Waals surface area (Å²) in [6, 6.07) is 14.8. The first-order chi connectivity index (χ1) is 21.7. The van der Waals surface area contributed by atoms with Gasteiger partial charge in [-0.2, -0.15) is 10.2 Å². The Labute approximate surface area is 263 Å². The van der Waals surface area contributed by atoms with Crippen molar-refractivity contribution in [3.63, 3.8) is 0 Å². The normalized spacial score (nSPS) is 22.5. The largest absolute Gasteiger partial charge is 0.364 e. The van der Waals surface area contributed by atoms with Crippen molar-refractivity contribution in [2.45, 2.75) is 69.6 Å². The van der Waals surface area contributed by atoms with Crippen LogP contribution in [0.2, 0.25) is 0 Å². The Balaban J connectivity index is 1.34. The van der Waals surface area contributed by atoms with Gasteiger partial charge in [-0.3, -0.25) is 9.36 Å². The highest BCUT2D eigenvalue weighted by Gasteiger charge is 2.53. The summed E-state index contributed by atoms with van der Waals surface area (Å²) in [5.74, 6) is -1.13. The molecule has 2 saturated heterocycles. The summed E-state index contributed by atoms with van der Waals surface area (Å²) >= 11 is 0. The van der Waals surface area contributed by atoms with E-state index in [0.29, 0.717) is 32.0 Å². The van der Waals surface area contributed by atoms with Gasteiger partial charge < -0.3 is 19.6 Å². The molecule has 4 heterocycles. The van der Waals surface area contributed by atoms with Gasteiger partial charge in [0.25, 0.3) is 5.91 Å². The third-order valence-corrected chi connectivity index (χ3v) is 10.6. The molecule has 4 aliphatic rings. The van der Waals surface area contributed by atoms with E-state index < -0.39 is 17.8 Å². The van der Waals surface area contributed by atoms with Crippen LogP contribution in [0.5, 0.6) is 0 Å². The van der Waals surface area contributed by atoms with Gasteiger partial charge >= 0.3 is 5.69 Å². The number of benzene rings is 2. The van der Waals surface area contributed by atoms with E-state index in [2.05, 4.69) is 77.7 Å². The molecule has 7 rings (SSSR count). The predicted molar refractivity (Wildman–Crippen MR) is 173 cm³/mol. The minimum absolute atomic E-state index is 0.0577. The summed E-state index contributed by atoms with van der Waals surface area (Å²) in [5.41, 5.74) is 4.16. The molecule has 45 heavy (non-hydrogen) atoms. The molecule has 9 nitrogen and oxygen atoms in total. The van der Waals surface area contributed by atoms with E-state index in [4.69, 9.17) is 4.98 Å². The molecule has 1 saturated carbocycles. The molecule has 1 spiro atoms. The molecule has 3 aliphatic heterocycles. The van der Waals surface area contributed by atoms with Gasteiger partial charge in [0.05, 0.1) is 25.1 Å². The van der Waals surface area contributed by atoms with E-state index in [1.54, 1.807) is 0 Å². The van der Waals surface area contributed by atoms with Crippen molar-refractivity contribution in [2.24, 2.45) is 0 Å². The Morgan fingerprint density at radius 1 is 1.13 bits per heavy atom. The Bertz CT molecular complexity index is 1790. The quantitative estimate of drug-likeness (QED) is 0.386. The molecule has 3 aromatic rings. The number of aromatic nitrogens is 2. The maximum absolute atomic E-state index is 14.1. The fourth-order valence-corrected chi connectivity index (χ4v) is 8.06. The Hall–Kier alpha value is -4.23. The van der Waals surface area contributed by atoms with Gasteiger partial charge in [0.15, 0.2) is 5.83 Å². The van der Waals surface area contributed by atoms with Crippen molar-refractivity contribution >= 4 is 28.2 Å². The first-order valence-electron chi connectivity index (χ1n) is 16.1. The lowest BCUT2D eigenvalue weighted by molar-refractivity contribution is -0.131. The highest BCUT2D eigenvalue weighted by molar-refractivity contribution is 5.97. The summed E-state index contributed by atoms with van der Waals surface area (Å²) in [6.07, 6.45) is 4.21. The molecule has 0 unspecified atom stereocenters. The molecule has 10 heteroatoms. The first-order valence-corrected chi connectivity index (χ1v) is 16.1. The van der Waals surface area contributed by atoms with Crippen molar-refractivity contribution in [3.8, 4) is 6.07 Å². The highest BCUT2D eigenvalue weighted by Crippen LogP contribution is 2.56. The van der Waals surface area contributed by atoms with Gasteiger partial charge in [0, 0.05) is 66.5 Å². The molecule has 2 atom stereocenters. The second-order valence-electron chi connectivity index (χ2n) is 13.4. The number of halogens is 1. The second-order valence-corrected chi connectivity index (χ2v) is 13.4. The van der Waals surface area contributed by atoms with Gasteiger partial charge in [0.1, 0.15) is 5.82 Å². The van der Waals surface area contributed by atoms with E-state index in [-0.39, 0.29) is 30.1 Å². The molecule has 1 aliphatic carbocycles. The minimum atomic E-state index is -1.03. The summed E-state index contributed by atoms with van der Waals surface area (Å²) in [6.45, 7) is 9.33. The predicted octanol–water partition coefficient (Wildman–Crippen LogP) is 4.27. The third kappa shape index (κ3) is 5.07. The lowest BCUT2D eigenvalue weighted by Crippen LogP contribution is -2.56. The summed E-state index contributed by atoms with van der Waals surface area (Å²) in [7, 11) is 2.13. The molecule has 1 amide bonds. The van der Waals surface area contributed by atoms with Gasteiger partial charge in [-0.1, -0.05) is 36.9 Å². The standard InChI is InChI=1S/C35H40FN7O2/c1-23-7-4-8-25-9-5-11-28(30(23)25)41-21-29-31(35(22-41)13-14-35)32(38-34(45)43(29)20-26-10-6-16-39(26)3)40-17-18-42(33(44)24(2)36)27(19-40)12-15-37/h4-5,7-9,11,26-27H,2,6,10,12-14,16-22H2,1,3H3/t26-,27-/m0/s1. The van der Waals surface area contributed by atoms with Crippen LogP contribution < -0.4 is 15.5 Å². The number of anilines is 2. The van der Waals surface area contributed by atoms with Crippen LogP contribution in [0.4, 0.5) is 15.9 Å². The van der Waals surface area contributed by atoms with Crippen LogP contribution in [0.25, 0.3) is 10.8 Å². The zero-order valence-corrected chi connectivity index (χ0v) is 26.1. The molecule has 0 radical (unpaired) electrons. The maximum Gasteiger partial charge on any atom is 0.349 e. The molecule has 2 aromatic carbocycles.